The van der Waals surface area contributed by atoms with Gasteiger partial charge in [0.1, 0.15) is 0 Å². The highest BCUT2D eigenvalue weighted by atomic mass is 35.5. The lowest BCUT2D eigenvalue weighted by Gasteiger charge is -2.41. The zero-order valence-electron chi connectivity index (χ0n) is 10.9. The van der Waals surface area contributed by atoms with Crippen molar-refractivity contribution in [2.24, 2.45) is 11.3 Å². The van der Waals surface area contributed by atoms with Crippen LogP contribution in [-0.2, 0) is 4.79 Å². The Balaban J connectivity index is 2.70. The van der Waals surface area contributed by atoms with Crippen LogP contribution in [0.15, 0.2) is 0 Å². The third-order valence-corrected chi connectivity index (χ3v) is 3.92. The number of alkyl halides is 1. The monoisotopic (exact) mass is 245 g/mol. The summed E-state index contributed by atoms with van der Waals surface area (Å²) in [7, 11) is 0. The van der Waals surface area contributed by atoms with Crippen molar-refractivity contribution in [3.63, 3.8) is 0 Å². The van der Waals surface area contributed by atoms with Crippen molar-refractivity contribution in [3.8, 4) is 0 Å². The molecule has 0 aromatic heterocycles. The van der Waals surface area contributed by atoms with E-state index in [1.165, 1.54) is 6.42 Å². The molecule has 1 saturated carbocycles. The summed E-state index contributed by atoms with van der Waals surface area (Å²) in [6.45, 7) is 8.06. The van der Waals surface area contributed by atoms with Crippen LogP contribution in [0.3, 0.4) is 0 Å². The molecular formula is C13H24ClNO. The molecule has 2 nitrogen and oxygen atoms in total. The number of nitrogens with one attached hydrogen (secondary N) is 1. The molecule has 1 aliphatic carbocycles. The zero-order chi connectivity index (χ0) is 12.4. The molecule has 1 N–H and O–H groups in total. The molecule has 0 aliphatic heterocycles. The van der Waals surface area contributed by atoms with Crippen LogP contribution in [0.1, 0.15) is 53.4 Å². The molecule has 0 radical (unpaired) electrons. The Kier molecular flexibility index (Phi) is 4.28. The second-order valence-electron chi connectivity index (χ2n) is 6.32. The summed E-state index contributed by atoms with van der Waals surface area (Å²) in [6.07, 6.45) is 4.45. The van der Waals surface area contributed by atoms with Gasteiger partial charge in [0.2, 0.25) is 5.91 Å². The molecule has 94 valence electrons. The summed E-state index contributed by atoms with van der Waals surface area (Å²) in [5, 5.41) is 3.18. The first-order valence-corrected chi connectivity index (χ1v) is 6.71. The molecule has 1 amide bonds. The predicted molar refractivity (Wildman–Crippen MR) is 68.7 cm³/mol. The Bertz CT molecular complexity index is 259. The molecule has 1 fully saturated rings. The van der Waals surface area contributed by atoms with Crippen LogP contribution < -0.4 is 5.32 Å². The molecule has 0 aromatic rings. The van der Waals surface area contributed by atoms with Gasteiger partial charge >= 0.3 is 0 Å². The Hall–Kier alpha value is -0.240. The van der Waals surface area contributed by atoms with Crippen LogP contribution in [0.2, 0.25) is 0 Å². The van der Waals surface area contributed by atoms with Gasteiger partial charge < -0.3 is 5.32 Å². The van der Waals surface area contributed by atoms with Crippen LogP contribution in [0.4, 0.5) is 0 Å². The van der Waals surface area contributed by atoms with Gasteiger partial charge in [-0.3, -0.25) is 4.79 Å². The summed E-state index contributed by atoms with van der Waals surface area (Å²) < 4.78 is 0. The van der Waals surface area contributed by atoms with Crippen LogP contribution in [0.5, 0.6) is 0 Å². The number of rotatable bonds is 2. The third-order valence-electron chi connectivity index (χ3n) is 3.41. The Labute approximate surface area is 104 Å². The standard InChI is InChI=1S/C13H24ClNO/c1-10-6-5-7-13(8-10,9-14)15-11(16)12(2,3)4/h10H,5-9H2,1-4H3,(H,15,16). The second kappa shape index (κ2) is 4.95. The summed E-state index contributed by atoms with van der Waals surface area (Å²) in [4.78, 5) is 12.0. The fourth-order valence-electron chi connectivity index (χ4n) is 2.36. The van der Waals surface area contributed by atoms with Crippen molar-refractivity contribution < 1.29 is 4.79 Å². The topological polar surface area (TPSA) is 29.1 Å². The van der Waals surface area contributed by atoms with E-state index in [0.29, 0.717) is 11.8 Å². The van der Waals surface area contributed by atoms with E-state index in [1.54, 1.807) is 0 Å². The van der Waals surface area contributed by atoms with Crippen molar-refractivity contribution in [1.29, 1.82) is 0 Å². The van der Waals surface area contributed by atoms with E-state index in [9.17, 15) is 4.79 Å². The highest BCUT2D eigenvalue weighted by Crippen LogP contribution is 2.34. The lowest BCUT2D eigenvalue weighted by Crippen LogP contribution is -2.55. The van der Waals surface area contributed by atoms with Crippen LogP contribution in [0.25, 0.3) is 0 Å². The zero-order valence-corrected chi connectivity index (χ0v) is 11.7. The summed E-state index contributed by atoms with van der Waals surface area (Å²) in [6, 6.07) is 0. The number of amides is 1. The fraction of sp³-hybridized carbons (Fsp3) is 0.923. The summed E-state index contributed by atoms with van der Waals surface area (Å²) in [5.41, 5.74) is -0.497. The largest absolute Gasteiger partial charge is 0.349 e. The summed E-state index contributed by atoms with van der Waals surface area (Å²) >= 11 is 6.08. The van der Waals surface area contributed by atoms with E-state index in [4.69, 9.17) is 11.6 Å². The molecule has 0 spiro atoms. The lowest BCUT2D eigenvalue weighted by atomic mass is 9.77. The van der Waals surface area contributed by atoms with E-state index in [0.717, 1.165) is 19.3 Å². The minimum Gasteiger partial charge on any atom is -0.349 e. The lowest BCUT2D eigenvalue weighted by molar-refractivity contribution is -0.130. The minimum absolute atomic E-state index is 0.113. The molecular weight excluding hydrogens is 222 g/mol. The maximum atomic E-state index is 12.0. The van der Waals surface area contributed by atoms with Gasteiger partial charge in [0, 0.05) is 11.3 Å². The predicted octanol–water partition coefficient (Wildman–Crippen LogP) is 3.34. The van der Waals surface area contributed by atoms with E-state index in [-0.39, 0.29) is 16.9 Å². The first kappa shape index (κ1) is 13.8. The first-order chi connectivity index (χ1) is 7.29. The Morgan fingerprint density at radius 3 is 2.56 bits per heavy atom. The van der Waals surface area contributed by atoms with Crippen molar-refractivity contribution in [1.82, 2.24) is 5.32 Å². The third kappa shape index (κ3) is 3.38. The van der Waals surface area contributed by atoms with Gasteiger partial charge in [0.25, 0.3) is 0 Å². The average Bonchev–Trinajstić information content (AvgIpc) is 2.16. The van der Waals surface area contributed by atoms with Crippen LogP contribution in [-0.4, -0.2) is 17.3 Å². The number of carbonyl (C=O) groups is 1. The van der Waals surface area contributed by atoms with E-state index in [1.807, 2.05) is 20.8 Å². The number of carbonyl (C=O) groups excluding carboxylic acids is 1. The smallest absolute Gasteiger partial charge is 0.225 e. The molecule has 2 atom stereocenters. The fourth-order valence-corrected chi connectivity index (χ4v) is 2.67. The minimum atomic E-state index is -0.334. The van der Waals surface area contributed by atoms with E-state index in [2.05, 4.69) is 12.2 Å². The van der Waals surface area contributed by atoms with E-state index < -0.39 is 0 Å². The van der Waals surface area contributed by atoms with Gasteiger partial charge in [0.05, 0.1) is 5.54 Å². The normalized spacial score (nSPS) is 31.2. The maximum Gasteiger partial charge on any atom is 0.225 e. The molecule has 0 bridgehead atoms. The van der Waals surface area contributed by atoms with Crippen LogP contribution in [0, 0.1) is 11.3 Å². The van der Waals surface area contributed by atoms with Crippen molar-refractivity contribution in [2.45, 2.75) is 58.9 Å². The Morgan fingerprint density at radius 2 is 2.12 bits per heavy atom. The molecule has 0 aromatic carbocycles. The van der Waals surface area contributed by atoms with Crippen LogP contribution >= 0.6 is 11.6 Å². The Morgan fingerprint density at radius 1 is 1.50 bits per heavy atom. The van der Waals surface area contributed by atoms with Crippen molar-refractivity contribution in [2.75, 3.05) is 5.88 Å². The number of halogens is 1. The van der Waals surface area contributed by atoms with Gasteiger partial charge in [-0.25, -0.2) is 0 Å². The van der Waals surface area contributed by atoms with Gasteiger partial charge in [-0.15, -0.1) is 11.6 Å². The summed E-state index contributed by atoms with van der Waals surface area (Å²) in [5.74, 6) is 1.30. The SMILES string of the molecule is CC1CCCC(CCl)(NC(=O)C(C)(C)C)C1. The molecule has 0 saturated heterocycles. The molecule has 1 rings (SSSR count). The molecule has 0 heterocycles. The van der Waals surface area contributed by atoms with Crippen molar-refractivity contribution >= 4 is 17.5 Å². The van der Waals surface area contributed by atoms with Gasteiger partial charge in [-0.2, -0.15) is 0 Å². The first-order valence-electron chi connectivity index (χ1n) is 6.18. The van der Waals surface area contributed by atoms with Gasteiger partial charge in [-0.05, 0) is 18.8 Å². The van der Waals surface area contributed by atoms with Crippen molar-refractivity contribution in [3.05, 3.63) is 0 Å². The quantitative estimate of drug-likeness (QED) is 0.743. The number of hydrogen-bond donors (Lipinski definition) is 1. The number of hydrogen-bond acceptors (Lipinski definition) is 1. The van der Waals surface area contributed by atoms with Gasteiger partial charge in [0.15, 0.2) is 0 Å². The molecule has 3 heteroatoms. The van der Waals surface area contributed by atoms with E-state index >= 15 is 0 Å². The highest BCUT2D eigenvalue weighted by molar-refractivity contribution is 6.18. The van der Waals surface area contributed by atoms with Gasteiger partial charge in [-0.1, -0.05) is 40.5 Å². The molecule has 1 aliphatic rings. The average molecular weight is 246 g/mol. The highest BCUT2D eigenvalue weighted by Gasteiger charge is 2.37. The molecule has 2 unspecified atom stereocenters. The maximum absolute atomic E-state index is 12.0. The second-order valence-corrected chi connectivity index (χ2v) is 6.59. The molecule has 16 heavy (non-hydrogen) atoms.